The average molecular weight is 555 g/mol. The first-order valence-electron chi connectivity index (χ1n) is 13.1. The Bertz CT molecular complexity index is 1290. The minimum atomic E-state index is -2.10. The van der Waals surface area contributed by atoms with Gasteiger partial charge >= 0.3 is 0 Å². The molecule has 39 heavy (non-hydrogen) atoms. The molecule has 0 spiro atoms. The van der Waals surface area contributed by atoms with E-state index in [4.69, 9.17) is 11.6 Å². The van der Waals surface area contributed by atoms with Gasteiger partial charge in [-0.05, 0) is 67.9 Å². The first kappa shape index (κ1) is 27.4. The van der Waals surface area contributed by atoms with Crippen LogP contribution in [0.2, 0.25) is 5.02 Å². The van der Waals surface area contributed by atoms with Crippen molar-refractivity contribution in [1.29, 1.82) is 0 Å². The summed E-state index contributed by atoms with van der Waals surface area (Å²) < 4.78 is 13.4. The molecule has 5 rings (SSSR count). The predicted octanol–water partition coefficient (Wildman–Crippen LogP) is 3.34. The molecule has 206 valence electrons. The van der Waals surface area contributed by atoms with Crippen LogP contribution in [0.15, 0.2) is 60.9 Å². The molecule has 0 bridgehead atoms. The van der Waals surface area contributed by atoms with Crippen molar-refractivity contribution in [2.75, 3.05) is 42.9 Å². The smallest absolute Gasteiger partial charge is 0.274 e. The van der Waals surface area contributed by atoms with E-state index in [2.05, 4.69) is 25.1 Å². The fourth-order valence-corrected chi connectivity index (χ4v) is 5.50. The van der Waals surface area contributed by atoms with E-state index in [-0.39, 0.29) is 17.9 Å². The number of nitrogens with one attached hydrogen (secondary N) is 1. The van der Waals surface area contributed by atoms with E-state index in [0.29, 0.717) is 48.7 Å². The Labute approximate surface area is 231 Å². The quantitative estimate of drug-likeness (QED) is 0.399. The summed E-state index contributed by atoms with van der Waals surface area (Å²) >= 11 is 6.22. The molecule has 4 heterocycles. The topological polar surface area (TPSA) is 105 Å². The average Bonchev–Trinajstić information content (AvgIpc) is 3.09. The van der Waals surface area contributed by atoms with Crippen LogP contribution < -0.4 is 10.2 Å². The monoisotopic (exact) mass is 554 g/mol. The van der Waals surface area contributed by atoms with Crippen LogP contribution in [0.1, 0.15) is 35.3 Å². The number of anilines is 2. The van der Waals surface area contributed by atoms with Gasteiger partial charge in [0.15, 0.2) is 0 Å². The number of carbonyl (C=O) groups is 1. The third kappa shape index (κ3) is 6.71. The fourth-order valence-electron chi connectivity index (χ4n) is 5.27. The van der Waals surface area contributed by atoms with Crippen molar-refractivity contribution in [3.63, 3.8) is 0 Å². The first-order valence-corrected chi connectivity index (χ1v) is 13.5. The van der Waals surface area contributed by atoms with Crippen molar-refractivity contribution >= 4 is 29.0 Å². The molecule has 0 aliphatic carbocycles. The zero-order valence-corrected chi connectivity index (χ0v) is 22.3. The van der Waals surface area contributed by atoms with Crippen LogP contribution >= 0.6 is 11.6 Å². The van der Waals surface area contributed by atoms with Gasteiger partial charge in [0.1, 0.15) is 17.3 Å². The lowest BCUT2D eigenvalue weighted by Gasteiger charge is -2.38. The van der Waals surface area contributed by atoms with Gasteiger partial charge in [-0.25, -0.2) is 9.37 Å². The van der Waals surface area contributed by atoms with Crippen molar-refractivity contribution in [2.45, 2.75) is 37.8 Å². The molecule has 0 radical (unpaired) electrons. The molecule has 9 nitrogen and oxygen atoms in total. The Kier molecular flexibility index (Phi) is 8.39. The minimum Gasteiger partial charge on any atom is -0.349 e. The van der Waals surface area contributed by atoms with E-state index in [1.54, 1.807) is 48.8 Å². The van der Waals surface area contributed by atoms with Gasteiger partial charge in [0.05, 0.1) is 0 Å². The molecule has 2 fully saturated rings. The second kappa shape index (κ2) is 11.9. The Morgan fingerprint density at radius 1 is 1.05 bits per heavy atom. The Hall–Kier alpha value is -3.15. The van der Waals surface area contributed by atoms with Crippen LogP contribution in [0.5, 0.6) is 0 Å². The number of aliphatic hydroxyl groups is 2. The van der Waals surface area contributed by atoms with Gasteiger partial charge in [0.2, 0.25) is 5.91 Å². The van der Waals surface area contributed by atoms with Gasteiger partial charge in [-0.15, -0.1) is 0 Å². The summed E-state index contributed by atoms with van der Waals surface area (Å²) in [6.07, 6.45) is 5.16. The molecular weight excluding hydrogens is 523 g/mol. The molecule has 0 saturated carbocycles. The van der Waals surface area contributed by atoms with Gasteiger partial charge < -0.3 is 20.4 Å². The van der Waals surface area contributed by atoms with Crippen molar-refractivity contribution in [3.05, 3.63) is 83.0 Å². The van der Waals surface area contributed by atoms with Crippen LogP contribution in [0, 0.1) is 5.82 Å². The van der Waals surface area contributed by atoms with Gasteiger partial charge in [0.25, 0.3) is 5.91 Å². The Morgan fingerprint density at radius 3 is 2.56 bits per heavy atom. The van der Waals surface area contributed by atoms with Crippen LogP contribution in [-0.2, 0) is 6.54 Å². The van der Waals surface area contributed by atoms with Gasteiger partial charge in [-0.2, -0.15) is 0 Å². The van der Waals surface area contributed by atoms with Crippen LogP contribution in [0.4, 0.5) is 15.9 Å². The molecule has 0 atom stereocenters. The fraction of sp³-hybridized carbons (Fsp3) is 0.393. The molecule has 11 heteroatoms. The highest BCUT2D eigenvalue weighted by molar-refractivity contribution is 6.31. The molecule has 2 saturated heterocycles. The summed E-state index contributed by atoms with van der Waals surface area (Å²) in [5, 5.41) is 25.1. The number of pyridine rings is 2. The van der Waals surface area contributed by atoms with Crippen LogP contribution in [0.25, 0.3) is 0 Å². The zero-order chi connectivity index (χ0) is 27.4. The van der Waals surface area contributed by atoms with E-state index < -0.39 is 11.8 Å². The molecule has 3 N–H and O–H groups in total. The number of halogens is 2. The van der Waals surface area contributed by atoms with Crippen molar-refractivity contribution in [2.24, 2.45) is 0 Å². The third-order valence-corrected chi connectivity index (χ3v) is 7.79. The number of aromatic nitrogens is 2. The predicted molar refractivity (Wildman–Crippen MR) is 147 cm³/mol. The number of benzene rings is 1. The summed E-state index contributed by atoms with van der Waals surface area (Å²) in [6.45, 7) is 3.93. The molecule has 1 aromatic carbocycles. The zero-order valence-electron chi connectivity index (χ0n) is 21.5. The number of nitrogens with zero attached hydrogens (tertiary/aromatic N) is 5. The van der Waals surface area contributed by atoms with Crippen molar-refractivity contribution in [3.8, 4) is 0 Å². The maximum Gasteiger partial charge on any atom is 0.274 e. The maximum absolute atomic E-state index is 13.4. The molecule has 0 unspecified atom stereocenters. The molecule has 1 amide bonds. The summed E-state index contributed by atoms with van der Waals surface area (Å²) in [5.74, 6) is -2.50. The SMILES string of the molecule is O=C(Nc1ccncc1)c1cccc(N2CCN(C3CCN(Cc4ccc(F)cc4Cl)CC3)CCC2(O)O)n1. The standard InChI is InChI=1S/C28H32ClFN6O3/c29-24-18-21(30)5-4-20(24)19-34-13-8-23(9-14-34)35-15-10-28(38,39)36(17-16-35)26-3-1-2-25(33-26)27(37)32-22-6-11-31-12-7-22/h1-7,11-12,18,23,38-39H,8-10,13-17,19H2,(H,31,32,37). The molecule has 3 aromatic rings. The second-order valence-electron chi connectivity index (χ2n) is 10.0. The minimum absolute atomic E-state index is 0.119. The molecule has 2 aromatic heterocycles. The number of hydrogen-bond acceptors (Lipinski definition) is 8. The number of likely N-dealkylation sites (tertiary alicyclic amines) is 1. The Morgan fingerprint density at radius 2 is 1.82 bits per heavy atom. The lowest BCUT2D eigenvalue weighted by atomic mass is 10.0. The van der Waals surface area contributed by atoms with E-state index in [1.165, 1.54) is 17.0 Å². The third-order valence-electron chi connectivity index (χ3n) is 7.44. The highest BCUT2D eigenvalue weighted by Crippen LogP contribution is 2.28. The van der Waals surface area contributed by atoms with Gasteiger partial charge in [-0.1, -0.05) is 23.7 Å². The first-order chi connectivity index (χ1) is 18.8. The largest absolute Gasteiger partial charge is 0.349 e. The van der Waals surface area contributed by atoms with Crippen LogP contribution in [-0.4, -0.2) is 80.6 Å². The van der Waals surface area contributed by atoms with Gasteiger partial charge in [0, 0.05) is 61.7 Å². The number of carbonyl (C=O) groups excluding carboxylic acids is 1. The normalized spacial score (nSPS) is 19.0. The summed E-state index contributed by atoms with van der Waals surface area (Å²) in [4.78, 5) is 27.2. The highest BCUT2D eigenvalue weighted by Gasteiger charge is 2.38. The number of hydrogen-bond donors (Lipinski definition) is 3. The molecule has 2 aliphatic heterocycles. The van der Waals surface area contributed by atoms with Crippen molar-refractivity contribution in [1.82, 2.24) is 19.8 Å². The van der Waals surface area contributed by atoms with Crippen molar-refractivity contribution < 1.29 is 19.4 Å². The summed E-state index contributed by atoms with van der Waals surface area (Å²) in [5.41, 5.74) is 1.68. The second-order valence-corrected chi connectivity index (χ2v) is 10.4. The van der Waals surface area contributed by atoms with Gasteiger partial charge in [-0.3, -0.25) is 19.6 Å². The van der Waals surface area contributed by atoms with E-state index in [9.17, 15) is 19.4 Å². The lowest BCUT2D eigenvalue weighted by Crippen LogP contribution is -2.50. The van der Waals surface area contributed by atoms with E-state index in [1.807, 2.05) is 0 Å². The van der Waals surface area contributed by atoms with E-state index in [0.717, 1.165) is 31.5 Å². The summed E-state index contributed by atoms with van der Waals surface area (Å²) in [7, 11) is 0. The molecular formula is C28H32ClFN6O3. The molecule has 2 aliphatic rings. The number of rotatable bonds is 6. The number of amides is 1. The highest BCUT2D eigenvalue weighted by atomic mass is 35.5. The maximum atomic E-state index is 13.4. The van der Waals surface area contributed by atoms with E-state index >= 15 is 0 Å². The number of piperidine rings is 1. The lowest BCUT2D eigenvalue weighted by molar-refractivity contribution is -0.163. The van der Waals surface area contributed by atoms with Crippen LogP contribution in [0.3, 0.4) is 0 Å². The summed E-state index contributed by atoms with van der Waals surface area (Å²) in [6, 6.07) is 13.1. The Balaban J connectivity index is 1.20.